The summed E-state index contributed by atoms with van der Waals surface area (Å²) < 4.78 is 29.1. The first kappa shape index (κ1) is 19.1. The number of amides is 1. The van der Waals surface area contributed by atoms with Crippen LogP contribution in [0.5, 0.6) is 0 Å². The molecule has 10 heteroatoms. The van der Waals surface area contributed by atoms with Crippen molar-refractivity contribution in [3.8, 4) is 0 Å². The van der Waals surface area contributed by atoms with Gasteiger partial charge in [-0.25, -0.2) is 17.9 Å². The first-order chi connectivity index (χ1) is 12.7. The summed E-state index contributed by atoms with van der Waals surface area (Å²) in [4.78, 5) is 35.2. The summed E-state index contributed by atoms with van der Waals surface area (Å²) >= 11 is 0. The average molecular weight is 392 g/mol. The zero-order valence-electron chi connectivity index (χ0n) is 14.9. The van der Waals surface area contributed by atoms with E-state index in [2.05, 4.69) is 10.0 Å². The highest BCUT2D eigenvalue weighted by Crippen LogP contribution is 2.30. The molecule has 0 atom stereocenters. The molecule has 144 valence electrons. The number of benzene rings is 1. The maximum absolute atomic E-state index is 12.5. The second-order valence-corrected chi connectivity index (χ2v) is 8.27. The van der Waals surface area contributed by atoms with Crippen LogP contribution < -0.4 is 21.3 Å². The Labute approximate surface area is 155 Å². The van der Waals surface area contributed by atoms with Gasteiger partial charge in [-0.15, -0.1) is 0 Å². The molecular formula is C17H20N4O5S. The Balaban J connectivity index is 1.77. The number of anilines is 1. The highest BCUT2D eigenvalue weighted by molar-refractivity contribution is 7.89. The second kappa shape index (κ2) is 7.12. The first-order valence-electron chi connectivity index (χ1n) is 8.35. The molecule has 1 amide bonds. The van der Waals surface area contributed by atoms with Crippen LogP contribution in [0.3, 0.4) is 0 Å². The van der Waals surface area contributed by atoms with Gasteiger partial charge in [0.1, 0.15) is 0 Å². The van der Waals surface area contributed by atoms with E-state index in [-0.39, 0.29) is 18.4 Å². The SMILES string of the molecule is Cn1cc(S(=O)(=O)NCc2cccc(NC(=O)C3CC3)c2)c(=O)n(C)c1=O. The minimum atomic E-state index is -4.12. The third-order valence-electron chi connectivity index (χ3n) is 4.31. The van der Waals surface area contributed by atoms with Gasteiger partial charge in [-0.05, 0) is 30.5 Å². The third-order valence-corrected chi connectivity index (χ3v) is 5.70. The van der Waals surface area contributed by atoms with Crippen molar-refractivity contribution in [2.24, 2.45) is 20.0 Å². The molecule has 27 heavy (non-hydrogen) atoms. The fourth-order valence-electron chi connectivity index (χ4n) is 2.56. The number of nitrogens with zero attached hydrogens (tertiary/aromatic N) is 2. The lowest BCUT2D eigenvalue weighted by molar-refractivity contribution is -0.117. The van der Waals surface area contributed by atoms with Crippen molar-refractivity contribution in [3.05, 3.63) is 56.9 Å². The van der Waals surface area contributed by atoms with E-state index in [1.54, 1.807) is 24.3 Å². The summed E-state index contributed by atoms with van der Waals surface area (Å²) in [5.41, 5.74) is -0.301. The number of rotatable bonds is 6. The molecule has 1 saturated carbocycles. The van der Waals surface area contributed by atoms with Gasteiger partial charge in [-0.1, -0.05) is 12.1 Å². The van der Waals surface area contributed by atoms with E-state index >= 15 is 0 Å². The van der Waals surface area contributed by atoms with E-state index in [1.165, 1.54) is 14.1 Å². The fraction of sp³-hybridized carbons (Fsp3) is 0.353. The Morgan fingerprint density at radius 2 is 1.93 bits per heavy atom. The zero-order valence-corrected chi connectivity index (χ0v) is 15.7. The number of sulfonamides is 1. The van der Waals surface area contributed by atoms with E-state index in [4.69, 9.17) is 0 Å². The lowest BCUT2D eigenvalue weighted by Crippen LogP contribution is -2.41. The predicted molar refractivity (Wildman–Crippen MR) is 98.7 cm³/mol. The number of carbonyl (C=O) groups excluding carboxylic acids is 1. The fourth-order valence-corrected chi connectivity index (χ4v) is 3.74. The van der Waals surface area contributed by atoms with Crippen LogP contribution in [0.15, 0.2) is 44.9 Å². The van der Waals surface area contributed by atoms with E-state index in [0.29, 0.717) is 11.3 Å². The molecule has 1 fully saturated rings. The van der Waals surface area contributed by atoms with Crippen LogP contribution in [0.4, 0.5) is 5.69 Å². The van der Waals surface area contributed by atoms with Gasteiger partial charge in [0.2, 0.25) is 15.9 Å². The van der Waals surface area contributed by atoms with Crippen molar-refractivity contribution in [1.82, 2.24) is 13.9 Å². The molecule has 0 saturated heterocycles. The largest absolute Gasteiger partial charge is 0.330 e. The van der Waals surface area contributed by atoms with Crippen molar-refractivity contribution in [1.29, 1.82) is 0 Å². The summed E-state index contributed by atoms with van der Waals surface area (Å²) in [5, 5.41) is 2.80. The summed E-state index contributed by atoms with van der Waals surface area (Å²) in [6.07, 6.45) is 2.78. The summed E-state index contributed by atoms with van der Waals surface area (Å²) in [6, 6.07) is 6.80. The van der Waals surface area contributed by atoms with Gasteiger partial charge in [0.25, 0.3) is 5.56 Å². The molecule has 3 rings (SSSR count). The number of aromatic nitrogens is 2. The molecule has 2 N–H and O–H groups in total. The molecule has 1 heterocycles. The minimum Gasteiger partial charge on any atom is -0.326 e. The smallest absolute Gasteiger partial charge is 0.326 e. The number of aryl methyl sites for hydroxylation is 1. The summed E-state index contributed by atoms with van der Waals surface area (Å²) in [5.74, 6) is 0.0227. The molecular weight excluding hydrogens is 372 g/mol. The molecule has 2 aromatic rings. The predicted octanol–water partition coefficient (Wildman–Crippen LogP) is -0.0890. The van der Waals surface area contributed by atoms with Crippen molar-refractivity contribution in [3.63, 3.8) is 0 Å². The second-order valence-electron chi connectivity index (χ2n) is 6.54. The van der Waals surface area contributed by atoms with Crippen LogP contribution in [-0.2, 0) is 35.5 Å². The van der Waals surface area contributed by atoms with Crippen molar-refractivity contribution in [2.45, 2.75) is 24.3 Å². The van der Waals surface area contributed by atoms with Gasteiger partial charge in [-0.3, -0.25) is 14.2 Å². The first-order valence-corrected chi connectivity index (χ1v) is 9.83. The topological polar surface area (TPSA) is 119 Å². The average Bonchev–Trinajstić information content (AvgIpc) is 3.47. The molecule has 0 unspecified atom stereocenters. The van der Waals surface area contributed by atoms with E-state index in [0.717, 1.165) is 28.2 Å². The van der Waals surface area contributed by atoms with Gasteiger partial charge in [0.05, 0.1) is 0 Å². The molecule has 0 bridgehead atoms. The van der Waals surface area contributed by atoms with Crippen LogP contribution in [0.1, 0.15) is 18.4 Å². The maximum Gasteiger partial charge on any atom is 0.330 e. The normalized spacial score (nSPS) is 14.1. The van der Waals surface area contributed by atoms with Gasteiger partial charge < -0.3 is 9.88 Å². The number of hydrogen-bond donors (Lipinski definition) is 2. The van der Waals surface area contributed by atoms with Crippen molar-refractivity contribution < 1.29 is 13.2 Å². The van der Waals surface area contributed by atoms with Crippen molar-refractivity contribution >= 4 is 21.6 Å². The standard InChI is InChI=1S/C17H20N4O5S/c1-20-10-14(16(23)21(2)17(20)24)27(25,26)18-9-11-4-3-5-13(8-11)19-15(22)12-6-7-12/h3-5,8,10,12,18H,6-7,9H2,1-2H3,(H,19,22). The molecule has 1 aliphatic rings. The third kappa shape index (κ3) is 4.17. The Bertz CT molecular complexity index is 1110. The van der Waals surface area contributed by atoms with Gasteiger partial charge in [-0.2, -0.15) is 0 Å². The Kier molecular flexibility index (Phi) is 5.03. The van der Waals surface area contributed by atoms with Crippen molar-refractivity contribution in [2.75, 3.05) is 5.32 Å². The number of carbonyl (C=O) groups is 1. The van der Waals surface area contributed by atoms with Crippen LogP contribution in [0.25, 0.3) is 0 Å². The van der Waals surface area contributed by atoms with E-state index in [1.807, 2.05) is 0 Å². The molecule has 1 aromatic carbocycles. The monoisotopic (exact) mass is 392 g/mol. The summed E-state index contributed by atoms with van der Waals surface area (Å²) in [7, 11) is -1.53. The Morgan fingerprint density at radius 3 is 2.59 bits per heavy atom. The number of hydrogen-bond acceptors (Lipinski definition) is 5. The van der Waals surface area contributed by atoms with Crippen LogP contribution in [-0.4, -0.2) is 23.5 Å². The molecule has 1 aromatic heterocycles. The van der Waals surface area contributed by atoms with E-state index < -0.39 is 26.2 Å². The minimum absolute atomic E-state index is 0.0403. The van der Waals surface area contributed by atoms with Crippen LogP contribution >= 0.6 is 0 Å². The van der Waals surface area contributed by atoms with Crippen LogP contribution in [0.2, 0.25) is 0 Å². The van der Waals surface area contributed by atoms with E-state index in [9.17, 15) is 22.8 Å². The lowest BCUT2D eigenvalue weighted by atomic mass is 10.2. The zero-order chi connectivity index (χ0) is 19.8. The van der Waals surface area contributed by atoms with Crippen LogP contribution in [0, 0.1) is 5.92 Å². The molecule has 0 radical (unpaired) electrons. The highest BCUT2D eigenvalue weighted by atomic mass is 32.2. The maximum atomic E-state index is 12.5. The Morgan fingerprint density at radius 1 is 1.22 bits per heavy atom. The highest BCUT2D eigenvalue weighted by Gasteiger charge is 2.29. The van der Waals surface area contributed by atoms with Gasteiger partial charge >= 0.3 is 5.69 Å². The quantitative estimate of drug-likeness (QED) is 0.712. The van der Waals surface area contributed by atoms with Gasteiger partial charge in [0, 0.05) is 38.4 Å². The lowest BCUT2D eigenvalue weighted by Gasteiger charge is -2.10. The molecule has 9 nitrogen and oxygen atoms in total. The molecule has 0 spiro atoms. The molecule has 0 aliphatic heterocycles. The summed E-state index contributed by atoms with van der Waals surface area (Å²) in [6.45, 7) is -0.0680. The molecule has 1 aliphatic carbocycles. The number of nitrogens with one attached hydrogen (secondary N) is 2. The Hall–Kier alpha value is -2.72. The van der Waals surface area contributed by atoms with Gasteiger partial charge in [0.15, 0.2) is 4.90 Å².